The average Bonchev–Trinajstić information content (AvgIpc) is 2.95. The van der Waals surface area contributed by atoms with Crippen LogP contribution < -0.4 is 0 Å². The minimum absolute atomic E-state index is 0.162. The van der Waals surface area contributed by atoms with Crippen LogP contribution in [0.3, 0.4) is 0 Å². The van der Waals surface area contributed by atoms with E-state index in [0.717, 1.165) is 36.7 Å². The lowest BCUT2D eigenvalue weighted by atomic mass is 10.1. The largest absolute Gasteiger partial charge is 0.334 e. The van der Waals surface area contributed by atoms with E-state index in [-0.39, 0.29) is 17.5 Å². The summed E-state index contributed by atoms with van der Waals surface area (Å²) in [7, 11) is 3.97. The number of carbonyl (C=O) groups excluding carboxylic acids is 1. The van der Waals surface area contributed by atoms with Gasteiger partial charge in [-0.25, -0.2) is 4.39 Å². The van der Waals surface area contributed by atoms with Crippen molar-refractivity contribution in [3.63, 3.8) is 0 Å². The Morgan fingerprint density at radius 1 is 1.29 bits per heavy atom. The highest BCUT2D eigenvalue weighted by Gasteiger charge is 2.28. The molecule has 0 spiro atoms. The number of amides is 1. The fourth-order valence-corrected chi connectivity index (χ4v) is 3.15. The van der Waals surface area contributed by atoms with Gasteiger partial charge in [0.05, 0.1) is 5.56 Å². The first kappa shape index (κ1) is 16.4. The van der Waals surface area contributed by atoms with Gasteiger partial charge in [-0.05, 0) is 45.1 Å². The standard InChI is InChI=1S/C16H22BrFN2O/c1-19(2)9-10-20(13-5-3-4-6-13)16(21)14-11-12(17)7-8-15(14)18/h7-8,11,13H,3-6,9-10H2,1-2H3. The molecule has 3 nitrogen and oxygen atoms in total. The first-order valence-corrected chi connectivity index (χ1v) is 8.19. The van der Waals surface area contributed by atoms with Crippen molar-refractivity contribution in [3.8, 4) is 0 Å². The van der Waals surface area contributed by atoms with Crippen molar-refractivity contribution < 1.29 is 9.18 Å². The highest BCUT2D eigenvalue weighted by Crippen LogP contribution is 2.26. The van der Waals surface area contributed by atoms with Crippen LogP contribution in [0.15, 0.2) is 22.7 Å². The number of carbonyl (C=O) groups is 1. The average molecular weight is 357 g/mol. The Balaban J connectivity index is 2.21. The van der Waals surface area contributed by atoms with Crippen LogP contribution in [0.4, 0.5) is 4.39 Å². The molecule has 0 unspecified atom stereocenters. The molecule has 0 bridgehead atoms. The van der Waals surface area contributed by atoms with Crippen molar-refractivity contribution in [1.29, 1.82) is 0 Å². The summed E-state index contributed by atoms with van der Waals surface area (Å²) in [6.45, 7) is 1.43. The zero-order chi connectivity index (χ0) is 15.4. The molecule has 1 aromatic rings. The topological polar surface area (TPSA) is 23.6 Å². The number of likely N-dealkylation sites (N-methyl/N-ethyl adjacent to an activating group) is 1. The van der Waals surface area contributed by atoms with Crippen LogP contribution in [0, 0.1) is 5.82 Å². The van der Waals surface area contributed by atoms with E-state index < -0.39 is 5.82 Å². The monoisotopic (exact) mass is 356 g/mol. The Morgan fingerprint density at radius 3 is 2.57 bits per heavy atom. The summed E-state index contributed by atoms with van der Waals surface area (Å²) in [5.41, 5.74) is 0.162. The van der Waals surface area contributed by atoms with E-state index in [4.69, 9.17) is 0 Å². The lowest BCUT2D eigenvalue weighted by Crippen LogP contribution is -2.43. The number of rotatable bonds is 5. The quantitative estimate of drug-likeness (QED) is 0.805. The predicted molar refractivity (Wildman–Crippen MR) is 85.9 cm³/mol. The zero-order valence-corrected chi connectivity index (χ0v) is 14.2. The van der Waals surface area contributed by atoms with Gasteiger partial charge in [0.2, 0.25) is 0 Å². The van der Waals surface area contributed by atoms with Gasteiger partial charge < -0.3 is 9.80 Å². The van der Waals surface area contributed by atoms with Gasteiger partial charge in [-0.15, -0.1) is 0 Å². The minimum atomic E-state index is -0.448. The van der Waals surface area contributed by atoms with Gasteiger partial charge >= 0.3 is 0 Å². The van der Waals surface area contributed by atoms with Crippen LogP contribution in [0.1, 0.15) is 36.0 Å². The van der Waals surface area contributed by atoms with Gasteiger partial charge in [-0.1, -0.05) is 28.8 Å². The van der Waals surface area contributed by atoms with E-state index in [1.54, 1.807) is 12.1 Å². The van der Waals surface area contributed by atoms with E-state index in [9.17, 15) is 9.18 Å². The maximum atomic E-state index is 14.0. The molecule has 5 heteroatoms. The molecule has 0 saturated heterocycles. The van der Waals surface area contributed by atoms with Crippen LogP contribution >= 0.6 is 15.9 Å². The van der Waals surface area contributed by atoms with Crippen molar-refractivity contribution in [2.45, 2.75) is 31.7 Å². The van der Waals surface area contributed by atoms with Crippen LogP contribution in [-0.4, -0.2) is 48.9 Å². The molecular weight excluding hydrogens is 335 g/mol. The number of hydrogen-bond acceptors (Lipinski definition) is 2. The van der Waals surface area contributed by atoms with E-state index >= 15 is 0 Å². The van der Waals surface area contributed by atoms with Gasteiger partial charge in [-0.3, -0.25) is 4.79 Å². The van der Waals surface area contributed by atoms with Crippen LogP contribution in [0.25, 0.3) is 0 Å². The molecule has 116 valence electrons. The number of benzene rings is 1. The molecule has 0 radical (unpaired) electrons. The second-order valence-electron chi connectivity index (χ2n) is 5.86. The first-order chi connectivity index (χ1) is 9.99. The fourth-order valence-electron chi connectivity index (χ4n) is 2.79. The molecule has 1 fully saturated rings. The highest BCUT2D eigenvalue weighted by atomic mass is 79.9. The zero-order valence-electron chi connectivity index (χ0n) is 12.6. The lowest BCUT2D eigenvalue weighted by Gasteiger charge is -2.30. The van der Waals surface area contributed by atoms with Gasteiger partial charge in [0.15, 0.2) is 0 Å². The van der Waals surface area contributed by atoms with Crippen molar-refractivity contribution in [2.75, 3.05) is 27.2 Å². The lowest BCUT2D eigenvalue weighted by molar-refractivity contribution is 0.0663. The number of hydrogen-bond donors (Lipinski definition) is 0. The first-order valence-electron chi connectivity index (χ1n) is 7.40. The van der Waals surface area contributed by atoms with Crippen molar-refractivity contribution in [3.05, 3.63) is 34.1 Å². The summed E-state index contributed by atoms with van der Waals surface area (Å²) in [6, 6.07) is 4.79. The van der Waals surface area contributed by atoms with Crippen molar-refractivity contribution in [2.24, 2.45) is 0 Å². The van der Waals surface area contributed by atoms with Gasteiger partial charge in [0.1, 0.15) is 5.82 Å². The molecule has 21 heavy (non-hydrogen) atoms. The van der Waals surface area contributed by atoms with Gasteiger partial charge in [0.25, 0.3) is 5.91 Å². The molecule has 1 amide bonds. The second-order valence-corrected chi connectivity index (χ2v) is 6.78. The third-order valence-corrected chi connectivity index (χ3v) is 4.47. The molecular formula is C16H22BrFN2O. The Bertz CT molecular complexity index is 501. The molecule has 0 heterocycles. The summed E-state index contributed by atoms with van der Waals surface area (Å²) < 4.78 is 14.7. The fraction of sp³-hybridized carbons (Fsp3) is 0.562. The van der Waals surface area contributed by atoms with Crippen LogP contribution in [0.5, 0.6) is 0 Å². The second kappa shape index (κ2) is 7.36. The smallest absolute Gasteiger partial charge is 0.257 e. The molecule has 0 atom stereocenters. The van der Waals surface area contributed by atoms with E-state index in [2.05, 4.69) is 15.9 Å². The van der Waals surface area contributed by atoms with Crippen molar-refractivity contribution >= 4 is 21.8 Å². The predicted octanol–water partition coefficient (Wildman–Crippen LogP) is 3.53. The Kier molecular flexibility index (Phi) is 5.76. The maximum absolute atomic E-state index is 14.0. The maximum Gasteiger partial charge on any atom is 0.257 e. The molecule has 1 saturated carbocycles. The molecule has 1 aliphatic rings. The molecule has 0 aliphatic heterocycles. The third-order valence-electron chi connectivity index (χ3n) is 3.97. The Hall–Kier alpha value is -0.940. The molecule has 1 aromatic carbocycles. The van der Waals surface area contributed by atoms with Crippen LogP contribution in [-0.2, 0) is 0 Å². The number of halogens is 2. The summed E-state index contributed by atoms with van der Waals surface area (Å²) in [5, 5.41) is 0. The molecule has 1 aliphatic carbocycles. The highest BCUT2D eigenvalue weighted by molar-refractivity contribution is 9.10. The Morgan fingerprint density at radius 2 is 1.95 bits per heavy atom. The minimum Gasteiger partial charge on any atom is -0.334 e. The summed E-state index contributed by atoms with van der Waals surface area (Å²) >= 11 is 3.31. The van der Waals surface area contributed by atoms with Gasteiger partial charge in [-0.2, -0.15) is 0 Å². The van der Waals surface area contributed by atoms with Crippen molar-refractivity contribution in [1.82, 2.24) is 9.80 Å². The summed E-state index contributed by atoms with van der Waals surface area (Å²) in [6.07, 6.45) is 4.35. The molecule has 2 rings (SSSR count). The summed E-state index contributed by atoms with van der Waals surface area (Å²) in [5.74, 6) is -0.640. The third kappa shape index (κ3) is 4.27. The number of nitrogens with zero attached hydrogens (tertiary/aromatic N) is 2. The SMILES string of the molecule is CN(C)CCN(C(=O)c1cc(Br)ccc1F)C1CCCC1. The molecule has 0 aromatic heterocycles. The van der Waals surface area contributed by atoms with E-state index in [1.165, 1.54) is 6.07 Å². The van der Waals surface area contributed by atoms with Crippen LogP contribution in [0.2, 0.25) is 0 Å². The Labute approximate surface area is 134 Å². The normalized spacial score (nSPS) is 15.7. The summed E-state index contributed by atoms with van der Waals surface area (Å²) in [4.78, 5) is 16.7. The van der Waals surface area contributed by atoms with E-state index in [0.29, 0.717) is 6.54 Å². The molecule has 0 N–H and O–H groups in total. The van der Waals surface area contributed by atoms with Gasteiger partial charge in [0, 0.05) is 23.6 Å². The van der Waals surface area contributed by atoms with E-state index in [1.807, 2.05) is 23.9 Å².